The topological polar surface area (TPSA) is 59.1 Å². The predicted molar refractivity (Wildman–Crippen MR) is 84.8 cm³/mol. The average molecular weight is 331 g/mol. The van der Waals surface area contributed by atoms with E-state index < -0.39 is 10.0 Å². The molecule has 0 radical (unpaired) electrons. The zero-order valence-corrected chi connectivity index (χ0v) is 13.4. The SMILES string of the molecule is C=C(Cl)CS(=O)(=O)NC[C@@H](C)c1nc2ccccc2s1. The van der Waals surface area contributed by atoms with Crippen LogP contribution in [0.1, 0.15) is 17.8 Å². The van der Waals surface area contributed by atoms with Crippen LogP contribution < -0.4 is 4.72 Å². The number of sulfonamides is 1. The van der Waals surface area contributed by atoms with Crippen LogP contribution in [0.15, 0.2) is 35.9 Å². The summed E-state index contributed by atoms with van der Waals surface area (Å²) in [7, 11) is -3.42. The number of halogens is 1. The molecule has 0 bridgehead atoms. The fraction of sp³-hybridized carbons (Fsp3) is 0.308. The second kappa shape index (κ2) is 6.22. The largest absolute Gasteiger partial charge is 0.241 e. The van der Waals surface area contributed by atoms with Crippen molar-refractivity contribution in [3.63, 3.8) is 0 Å². The molecule has 0 saturated heterocycles. The van der Waals surface area contributed by atoms with Gasteiger partial charge in [0.2, 0.25) is 10.0 Å². The van der Waals surface area contributed by atoms with Crippen molar-refractivity contribution in [2.45, 2.75) is 12.8 Å². The molecule has 1 aromatic carbocycles. The van der Waals surface area contributed by atoms with Crippen LogP contribution >= 0.6 is 22.9 Å². The van der Waals surface area contributed by atoms with Crippen LogP contribution in [0, 0.1) is 0 Å². The minimum Gasteiger partial charge on any atom is -0.241 e. The first-order valence-electron chi connectivity index (χ1n) is 6.03. The lowest BCUT2D eigenvalue weighted by Gasteiger charge is -2.10. The van der Waals surface area contributed by atoms with Crippen LogP contribution in [-0.4, -0.2) is 25.7 Å². The Kier molecular flexibility index (Phi) is 4.80. The van der Waals surface area contributed by atoms with Gasteiger partial charge in [0.1, 0.15) is 0 Å². The second-order valence-corrected chi connectivity index (χ2v) is 7.95. The van der Waals surface area contributed by atoms with E-state index in [-0.39, 0.29) is 16.7 Å². The predicted octanol–water partition coefficient (Wildman–Crippen LogP) is 3.07. The number of aromatic nitrogens is 1. The molecule has 4 nitrogen and oxygen atoms in total. The van der Waals surface area contributed by atoms with Crippen LogP contribution in [0.2, 0.25) is 0 Å². The van der Waals surface area contributed by atoms with E-state index in [1.54, 1.807) is 11.3 Å². The first-order valence-corrected chi connectivity index (χ1v) is 8.88. The van der Waals surface area contributed by atoms with E-state index in [2.05, 4.69) is 16.3 Å². The number of thiazole rings is 1. The lowest BCUT2D eigenvalue weighted by Crippen LogP contribution is -2.29. The summed E-state index contributed by atoms with van der Waals surface area (Å²) in [6, 6.07) is 7.85. The Morgan fingerprint density at radius 3 is 2.85 bits per heavy atom. The van der Waals surface area contributed by atoms with Crippen LogP contribution in [0.5, 0.6) is 0 Å². The van der Waals surface area contributed by atoms with Gasteiger partial charge in [-0.3, -0.25) is 0 Å². The summed E-state index contributed by atoms with van der Waals surface area (Å²) in [5.41, 5.74) is 0.941. The van der Waals surface area contributed by atoms with Gasteiger partial charge in [0, 0.05) is 17.5 Å². The van der Waals surface area contributed by atoms with Gasteiger partial charge in [0.15, 0.2) is 0 Å². The number of hydrogen-bond donors (Lipinski definition) is 1. The number of benzene rings is 1. The molecule has 1 heterocycles. The van der Waals surface area contributed by atoms with E-state index in [1.807, 2.05) is 31.2 Å². The molecule has 0 fully saturated rings. The summed E-state index contributed by atoms with van der Waals surface area (Å²) >= 11 is 7.10. The summed E-state index contributed by atoms with van der Waals surface area (Å²) in [5, 5.41) is 1.02. The third-order valence-corrected chi connectivity index (χ3v) is 5.58. The Morgan fingerprint density at radius 2 is 2.20 bits per heavy atom. The minimum absolute atomic E-state index is 0.00534. The molecule has 20 heavy (non-hydrogen) atoms. The van der Waals surface area contributed by atoms with Gasteiger partial charge in [-0.1, -0.05) is 37.2 Å². The fourth-order valence-electron chi connectivity index (χ4n) is 1.70. The molecule has 7 heteroatoms. The molecule has 0 aliphatic carbocycles. The van der Waals surface area contributed by atoms with Crippen LogP contribution in [0.3, 0.4) is 0 Å². The molecule has 1 aromatic heterocycles. The Labute approximate surface area is 127 Å². The highest BCUT2D eigenvalue weighted by molar-refractivity contribution is 7.89. The van der Waals surface area contributed by atoms with Crippen LogP contribution in [-0.2, 0) is 10.0 Å². The molecule has 2 rings (SSSR count). The Bertz CT molecular complexity index is 692. The van der Waals surface area contributed by atoms with Gasteiger partial charge >= 0.3 is 0 Å². The molecule has 1 atom stereocenters. The number of para-hydroxylation sites is 1. The monoisotopic (exact) mass is 330 g/mol. The number of fused-ring (bicyclic) bond motifs is 1. The highest BCUT2D eigenvalue weighted by atomic mass is 35.5. The van der Waals surface area contributed by atoms with Crippen molar-refractivity contribution in [1.29, 1.82) is 0 Å². The summed E-state index contributed by atoms with van der Waals surface area (Å²) in [6.45, 7) is 5.63. The first kappa shape index (κ1) is 15.4. The molecule has 2 aromatic rings. The molecule has 0 aliphatic rings. The van der Waals surface area contributed by atoms with E-state index in [9.17, 15) is 8.42 Å². The maximum atomic E-state index is 11.7. The molecular formula is C13H15ClN2O2S2. The lowest BCUT2D eigenvalue weighted by molar-refractivity contribution is 0.577. The van der Waals surface area contributed by atoms with E-state index in [0.717, 1.165) is 15.2 Å². The first-order chi connectivity index (χ1) is 9.37. The maximum absolute atomic E-state index is 11.7. The molecule has 0 saturated carbocycles. The van der Waals surface area contributed by atoms with Crippen LogP contribution in [0.4, 0.5) is 0 Å². The summed E-state index contributed by atoms with van der Waals surface area (Å²) in [5.74, 6) is -0.257. The lowest BCUT2D eigenvalue weighted by atomic mass is 10.2. The number of nitrogens with zero attached hydrogens (tertiary/aromatic N) is 1. The van der Waals surface area contributed by atoms with E-state index >= 15 is 0 Å². The molecule has 0 amide bonds. The zero-order chi connectivity index (χ0) is 14.8. The summed E-state index contributed by atoms with van der Waals surface area (Å²) in [6.07, 6.45) is 0. The molecule has 108 valence electrons. The van der Waals surface area contributed by atoms with Crippen molar-refractivity contribution in [3.05, 3.63) is 40.9 Å². The van der Waals surface area contributed by atoms with Gasteiger partial charge in [-0.15, -0.1) is 11.3 Å². The van der Waals surface area contributed by atoms with E-state index in [4.69, 9.17) is 11.6 Å². The van der Waals surface area contributed by atoms with Crippen LogP contribution in [0.25, 0.3) is 10.2 Å². The van der Waals surface area contributed by atoms with Crippen molar-refractivity contribution in [1.82, 2.24) is 9.71 Å². The maximum Gasteiger partial charge on any atom is 0.216 e. The molecule has 0 unspecified atom stereocenters. The van der Waals surface area contributed by atoms with Gasteiger partial charge in [0.25, 0.3) is 0 Å². The Morgan fingerprint density at radius 1 is 1.50 bits per heavy atom. The van der Waals surface area contributed by atoms with Gasteiger partial charge in [-0.2, -0.15) is 0 Å². The van der Waals surface area contributed by atoms with Gasteiger partial charge < -0.3 is 0 Å². The Hall–Kier alpha value is -0.950. The van der Waals surface area contributed by atoms with Crippen molar-refractivity contribution >= 4 is 43.2 Å². The fourth-order valence-corrected chi connectivity index (χ4v) is 4.17. The number of hydrogen-bond acceptors (Lipinski definition) is 4. The summed E-state index contributed by atoms with van der Waals surface area (Å²) < 4.78 is 27.0. The van der Waals surface area contributed by atoms with Gasteiger partial charge in [0.05, 0.1) is 21.0 Å². The Balaban J connectivity index is 2.05. The van der Waals surface area contributed by atoms with E-state index in [1.165, 1.54) is 0 Å². The van der Waals surface area contributed by atoms with Crippen molar-refractivity contribution in [2.24, 2.45) is 0 Å². The quantitative estimate of drug-likeness (QED) is 0.885. The second-order valence-electron chi connectivity index (χ2n) is 4.55. The van der Waals surface area contributed by atoms with Crippen molar-refractivity contribution < 1.29 is 8.42 Å². The van der Waals surface area contributed by atoms with Gasteiger partial charge in [-0.05, 0) is 12.1 Å². The molecule has 0 aliphatic heterocycles. The molecule has 0 spiro atoms. The highest BCUT2D eigenvalue weighted by Gasteiger charge is 2.16. The average Bonchev–Trinajstić information content (AvgIpc) is 2.78. The minimum atomic E-state index is -3.42. The van der Waals surface area contributed by atoms with Gasteiger partial charge in [-0.25, -0.2) is 18.1 Å². The smallest absolute Gasteiger partial charge is 0.216 e. The van der Waals surface area contributed by atoms with Crippen molar-refractivity contribution in [3.8, 4) is 0 Å². The van der Waals surface area contributed by atoms with Crippen molar-refractivity contribution in [2.75, 3.05) is 12.3 Å². The standard InChI is InChI=1S/C13H15ClN2O2S2/c1-9(7-15-20(17,18)8-10(2)14)13-16-11-5-3-4-6-12(11)19-13/h3-6,9,15H,2,7-8H2,1H3/t9-/m1/s1. The van der Waals surface area contributed by atoms with E-state index in [0.29, 0.717) is 6.54 Å². The third-order valence-electron chi connectivity index (χ3n) is 2.69. The summed E-state index contributed by atoms with van der Waals surface area (Å²) in [4.78, 5) is 4.51. The third kappa shape index (κ3) is 4.02. The molecular weight excluding hydrogens is 316 g/mol. The molecule has 1 N–H and O–H groups in total. The number of rotatable bonds is 6. The highest BCUT2D eigenvalue weighted by Crippen LogP contribution is 2.26. The zero-order valence-electron chi connectivity index (χ0n) is 11.0. The number of nitrogens with one attached hydrogen (secondary N) is 1. The normalized spacial score (nSPS) is 13.5.